The molecule has 0 spiro atoms. The lowest BCUT2D eigenvalue weighted by molar-refractivity contribution is 0.411. The first-order chi connectivity index (χ1) is 9.36. The lowest BCUT2D eigenvalue weighted by atomic mass is 10.5. The van der Waals surface area contributed by atoms with Gasteiger partial charge in [-0.05, 0) is 6.92 Å². The Morgan fingerprint density at radius 1 is 1.32 bits per heavy atom. The van der Waals surface area contributed by atoms with Crippen LogP contribution in [-0.4, -0.2) is 31.1 Å². The van der Waals surface area contributed by atoms with Crippen molar-refractivity contribution in [3.63, 3.8) is 0 Å². The Labute approximate surface area is 108 Å². The van der Waals surface area contributed by atoms with Crippen molar-refractivity contribution < 1.29 is 4.52 Å². The average molecular weight is 259 g/mol. The molecule has 8 heteroatoms. The molecule has 0 saturated heterocycles. The van der Waals surface area contributed by atoms with E-state index in [4.69, 9.17) is 0 Å². The standard InChI is InChI=1S/C11H13N7O/c1-2-12-9-6-18-4-3-13-11(18)10(16-9)14-5-8-15-7-19-17-8/h3-4,6-7,12H,2,5H2,1H3,(H,14,16). The summed E-state index contributed by atoms with van der Waals surface area (Å²) in [5, 5.41) is 10.1. The molecule has 19 heavy (non-hydrogen) atoms. The van der Waals surface area contributed by atoms with Crippen molar-refractivity contribution in [3.8, 4) is 0 Å². The van der Waals surface area contributed by atoms with E-state index in [1.807, 2.05) is 23.7 Å². The molecular formula is C11H13N7O. The summed E-state index contributed by atoms with van der Waals surface area (Å²) in [6, 6.07) is 0. The number of nitrogens with one attached hydrogen (secondary N) is 2. The van der Waals surface area contributed by atoms with Crippen molar-refractivity contribution in [2.24, 2.45) is 0 Å². The third-order valence-corrected chi connectivity index (χ3v) is 2.55. The quantitative estimate of drug-likeness (QED) is 0.710. The van der Waals surface area contributed by atoms with Gasteiger partial charge in [0.05, 0.1) is 12.7 Å². The molecule has 0 radical (unpaired) electrons. The SMILES string of the molecule is CCNc1cn2ccnc2c(NCc2ncon2)n1. The van der Waals surface area contributed by atoms with E-state index in [1.165, 1.54) is 6.39 Å². The molecule has 0 fully saturated rings. The highest BCUT2D eigenvalue weighted by Crippen LogP contribution is 2.16. The largest absolute Gasteiger partial charge is 0.369 e. The van der Waals surface area contributed by atoms with Crippen LogP contribution < -0.4 is 10.6 Å². The van der Waals surface area contributed by atoms with Crippen LogP contribution in [0.25, 0.3) is 5.65 Å². The van der Waals surface area contributed by atoms with Crippen LogP contribution >= 0.6 is 0 Å². The first-order valence-corrected chi connectivity index (χ1v) is 5.93. The van der Waals surface area contributed by atoms with E-state index < -0.39 is 0 Å². The van der Waals surface area contributed by atoms with Gasteiger partial charge >= 0.3 is 0 Å². The summed E-state index contributed by atoms with van der Waals surface area (Å²) < 4.78 is 6.59. The van der Waals surface area contributed by atoms with Gasteiger partial charge in [0.25, 0.3) is 0 Å². The third kappa shape index (κ3) is 2.32. The predicted molar refractivity (Wildman–Crippen MR) is 68.8 cm³/mol. The molecule has 0 unspecified atom stereocenters. The summed E-state index contributed by atoms with van der Waals surface area (Å²) >= 11 is 0. The van der Waals surface area contributed by atoms with Crippen molar-refractivity contribution in [3.05, 3.63) is 30.8 Å². The number of hydrogen-bond acceptors (Lipinski definition) is 7. The maximum absolute atomic E-state index is 4.68. The second-order valence-electron chi connectivity index (χ2n) is 3.86. The Balaban J connectivity index is 1.89. The molecule has 0 aliphatic carbocycles. The molecule has 0 aromatic carbocycles. The van der Waals surface area contributed by atoms with Gasteiger partial charge < -0.3 is 19.6 Å². The molecule has 3 aromatic rings. The topological polar surface area (TPSA) is 93.2 Å². The maximum Gasteiger partial charge on any atom is 0.213 e. The fraction of sp³-hybridized carbons (Fsp3) is 0.273. The smallest absolute Gasteiger partial charge is 0.213 e. The van der Waals surface area contributed by atoms with E-state index in [0.717, 1.165) is 18.0 Å². The first kappa shape index (κ1) is 11.5. The van der Waals surface area contributed by atoms with Gasteiger partial charge in [0.15, 0.2) is 17.3 Å². The summed E-state index contributed by atoms with van der Waals surface area (Å²) in [7, 11) is 0. The number of anilines is 2. The zero-order chi connectivity index (χ0) is 13.1. The minimum Gasteiger partial charge on any atom is -0.369 e. The maximum atomic E-state index is 4.68. The van der Waals surface area contributed by atoms with E-state index in [9.17, 15) is 0 Å². The summed E-state index contributed by atoms with van der Waals surface area (Å²) in [6.45, 7) is 3.26. The van der Waals surface area contributed by atoms with E-state index >= 15 is 0 Å². The van der Waals surface area contributed by atoms with E-state index in [0.29, 0.717) is 18.2 Å². The Kier molecular flexibility index (Phi) is 2.97. The van der Waals surface area contributed by atoms with Crippen molar-refractivity contribution in [2.75, 3.05) is 17.2 Å². The fourth-order valence-electron chi connectivity index (χ4n) is 1.75. The predicted octanol–water partition coefficient (Wildman–Crippen LogP) is 1.16. The molecule has 98 valence electrons. The number of hydrogen-bond donors (Lipinski definition) is 2. The molecule has 0 atom stereocenters. The van der Waals surface area contributed by atoms with Crippen LogP contribution in [-0.2, 0) is 6.54 Å². The number of fused-ring (bicyclic) bond motifs is 1. The Hall–Kier alpha value is -2.64. The minimum absolute atomic E-state index is 0.432. The molecule has 2 N–H and O–H groups in total. The zero-order valence-corrected chi connectivity index (χ0v) is 10.4. The third-order valence-electron chi connectivity index (χ3n) is 2.55. The lowest BCUT2D eigenvalue weighted by Gasteiger charge is -2.08. The number of rotatable bonds is 5. The highest BCUT2D eigenvalue weighted by molar-refractivity contribution is 5.65. The molecule has 3 heterocycles. The molecule has 3 rings (SSSR count). The Bertz CT molecular complexity index is 661. The molecule has 3 aromatic heterocycles. The van der Waals surface area contributed by atoms with E-state index in [-0.39, 0.29) is 0 Å². The van der Waals surface area contributed by atoms with Gasteiger partial charge in [-0.15, -0.1) is 0 Å². The van der Waals surface area contributed by atoms with Crippen LogP contribution in [0.4, 0.5) is 11.6 Å². The van der Waals surface area contributed by atoms with Gasteiger partial charge in [-0.25, -0.2) is 9.97 Å². The number of aromatic nitrogens is 5. The van der Waals surface area contributed by atoms with Crippen molar-refractivity contribution in [2.45, 2.75) is 13.5 Å². The van der Waals surface area contributed by atoms with Crippen molar-refractivity contribution in [1.82, 2.24) is 24.5 Å². The van der Waals surface area contributed by atoms with E-state index in [2.05, 4.69) is 35.3 Å². The first-order valence-electron chi connectivity index (χ1n) is 5.93. The second kappa shape index (κ2) is 4.92. The Morgan fingerprint density at radius 3 is 3.05 bits per heavy atom. The summed E-state index contributed by atoms with van der Waals surface area (Å²) in [5.74, 6) is 2.03. The van der Waals surface area contributed by atoms with Crippen LogP contribution in [0.3, 0.4) is 0 Å². The van der Waals surface area contributed by atoms with Gasteiger partial charge in [-0.1, -0.05) is 5.16 Å². The van der Waals surface area contributed by atoms with E-state index in [1.54, 1.807) is 6.20 Å². The van der Waals surface area contributed by atoms with Gasteiger partial charge in [0.1, 0.15) is 5.82 Å². The van der Waals surface area contributed by atoms with Crippen LogP contribution in [0, 0.1) is 0 Å². The number of nitrogens with zero attached hydrogens (tertiary/aromatic N) is 5. The molecule has 0 amide bonds. The Morgan fingerprint density at radius 2 is 2.26 bits per heavy atom. The van der Waals surface area contributed by atoms with Gasteiger partial charge in [-0.2, -0.15) is 4.98 Å². The molecule has 0 aliphatic rings. The molecule has 0 saturated carbocycles. The van der Waals surface area contributed by atoms with Crippen LogP contribution in [0.2, 0.25) is 0 Å². The fourth-order valence-corrected chi connectivity index (χ4v) is 1.75. The zero-order valence-electron chi connectivity index (χ0n) is 10.4. The van der Waals surface area contributed by atoms with Gasteiger partial charge in [0.2, 0.25) is 6.39 Å². The van der Waals surface area contributed by atoms with Crippen LogP contribution in [0.15, 0.2) is 29.5 Å². The second-order valence-corrected chi connectivity index (χ2v) is 3.86. The minimum atomic E-state index is 0.432. The lowest BCUT2D eigenvalue weighted by Crippen LogP contribution is -2.08. The molecule has 0 aliphatic heterocycles. The normalized spacial score (nSPS) is 10.8. The average Bonchev–Trinajstić information content (AvgIpc) is 3.07. The number of imidazole rings is 1. The van der Waals surface area contributed by atoms with Crippen LogP contribution in [0.1, 0.15) is 12.7 Å². The van der Waals surface area contributed by atoms with Crippen molar-refractivity contribution in [1.29, 1.82) is 0 Å². The monoisotopic (exact) mass is 259 g/mol. The summed E-state index contributed by atoms with van der Waals surface area (Å²) in [5.41, 5.74) is 0.755. The highest BCUT2D eigenvalue weighted by atomic mass is 16.5. The molecule has 0 bridgehead atoms. The van der Waals surface area contributed by atoms with Crippen LogP contribution in [0.5, 0.6) is 0 Å². The highest BCUT2D eigenvalue weighted by Gasteiger charge is 2.08. The van der Waals surface area contributed by atoms with Gasteiger partial charge in [-0.3, -0.25) is 0 Å². The molecule has 8 nitrogen and oxygen atoms in total. The summed E-state index contributed by atoms with van der Waals surface area (Å²) in [4.78, 5) is 12.7. The summed E-state index contributed by atoms with van der Waals surface area (Å²) in [6.07, 6.45) is 6.79. The molecular weight excluding hydrogens is 246 g/mol. The van der Waals surface area contributed by atoms with Gasteiger partial charge in [0, 0.05) is 18.9 Å². The van der Waals surface area contributed by atoms with Crippen molar-refractivity contribution >= 4 is 17.3 Å².